The molecule has 1 aromatic rings. The van der Waals surface area contributed by atoms with Crippen LogP contribution in [0.1, 0.15) is 5.56 Å². The number of rotatable bonds is 3. The number of hydrogen-bond acceptors (Lipinski definition) is 2. The zero-order valence-electron chi connectivity index (χ0n) is 6.78. The van der Waals surface area contributed by atoms with Crippen molar-refractivity contribution < 1.29 is 14.2 Å². The first kappa shape index (κ1) is 9.30. The molecule has 0 aliphatic rings. The molecule has 12 heavy (non-hydrogen) atoms. The Morgan fingerprint density at radius 3 is 2.75 bits per heavy atom. The second-order valence-corrected chi connectivity index (χ2v) is 3.52. The fourth-order valence-electron chi connectivity index (χ4n) is 1.01. The minimum absolute atomic E-state index is 0.189. The van der Waals surface area contributed by atoms with Crippen molar-refractivity contribution in [2.24, 2.45) is 0 Å². The van der Waals surface area contributed by atoms with E-state index in [0.717, 1.165) is 5.56 Å². The van der Waals surface area contributed by atoms with E-state index < -0.39 is 8.03 Å². The van der Waals surface area contributed by atoms with Gasteiger partial charge in [0.2, 0.25) is 0 Å². The summed E-state index contributed by atoms with van der Waals surface area (Å²) in [7, 11) is -0.900. The molecule has 0 aliphatic heterocycles. The molecular formula is C8H11O3P. The Balaban J connectivity index is 2.89. The first-order valence-electron chi connectivity index (χ1n) is 3.57. The molecule has 4 heteroatoms. The molecular weight excluding hydrogens is 175 g/mol. The third-order valence-electron chi connectivity index (χ3n) is 1.53. The molecule has 1 unspecified atom stereocenters. The fourth-order valence-corrected chi connectivity index (χ4v) is 1.63. The molecule has 0 heterocycles. The van der Waals surface area contributed by atoms with Crippen molar-refractivity contribution in [3.8, 4) is 5.75 Å². The van der Waals surface area contributed by atoms with Gasteiger partial charge in [0.15, 0.2) is 8.03 Å². The van der Waals surface area contributed by atoms with Crippen LogP contribution >= 0.6 is 8.03 Å². The molecule has 66 valence electrons. The van der Waals surface area contributed by atoms with Gasteiger partial charge in [0.05, 0.1) is 13.3 Å². The third-order valence-corrected chi connectivity index (χ3v) is 2.22. The maximum Gasteiger partial charge on any atom is 0.193 e. The Morgan fingerprint density at radius 1 is 1.50 bits per heavy atom. The van der Waals surface area contributed by atoms with Gasteiger partial charge in [-0.05, 0) is 6.07 Å². The standard InChI is InChI=1S/C8H11O3P/c1-11-8-5-3-2-4-7(8)6-12(9)10/h2-5,12H,6H2,1H3,(H,9,10). The molecule has 0 radical (unpaired) electrons. The van der Waals surface area contributed by atoms with Crippen LogP contribution in [0.3, 0.4) is 0 Å². The van der Waals surface area contributed by atoms with Gasteiger partial charge in [-0.25, -0.2) is 0 Å². The zero-order valence-corrected chi connectivity index (χ0v) is 7.78. The Morgan fingerprint density at radius 2 is 2.17 bits per heavy atom. The minimum atomic E-state index is -2.45. The van der Waals surface area contributed by atoms with E-state index in [2.05, 4.69) is 0 Å². The molecule has 0 saturated heterocycles. The number of hydrogen-bond donors (Lipinski definition) is 1. The van der Waals surface area contributed by atoms with E-state index in [1.54, 1.807) is 19.2 Å². The molecule has 0 aromatic heterocycles. The van der Waals surface area contributed by atoms with E-state index >= 15 is 0 Å². The van der Waals surface area contributed by atoms with Crippen molar-refractivity contribution in [2.75, 3.05) is 7.11 Å². The highest BCUT2D eigenvalue weighted by atomic mass is 31.1. The molecule has 0 aliphatic carbocycles. The summed E-state index contributed by atoms with van der Waals surface area (Å²) in [4.78, 5) is 8.72. The maximum absolute atomic E-state index is 10.6. The zero-order chi connectivity index (χ0) is 8.97. The summed E-state index contributed by atoms with van der Waals surface area (Å²) in [6, 6.07) is 7.22. The largest absolute Gasteiger partial charge is 0.496 e. The van der Waals surface area contributed by atoms with Crippen LogP contribution in [-0.2, 0) is 10.7 Å². The van der Waals surface area contributed by atoms with Gasteiger partial charge in [0, 0.05) is 5.56 Å². The third kappa shape index (κ3) is 2.36. The molecule has 0 fully saturated rings. The molecule has 0 bridgehead atoms. The first-order valence-corrected chi connectivity index (χ1v) is 5.14. The molecule has 0 spiro atoms. The molecule has 1 rings (SSSR count). The van der Waals surface area contributed by atoms with Crippen LogP contribution in [-0.4, -0.2) is 12.0 Å². The van der Waals surface area contributed by atoms with Gasteiger partial charge in [-0.15, -0.1) is 0 Å². The van der Waals surface area contributed by atoms with Crippen molar-refractivity contribution in [1.29, 1.82) is 0 Å². The predicted molar refractivity (Wildman–Crippen MR) is 47.9 cm³/mol. The first-order chi connectivity index (χ1) is 5.74. The van der Waals surface area contributed by atoms with E-state index in [-0.39, 0.29) is 6.16 Å². The number of methoxy groups -OCH3 is 1. The summed E-state index contributed by atoms with van der Waals surface area (Å²) in [5.41, 5.74) is 0.784. The lowest BCUT2D eigenvalue weighted by atomic mass is 10.2. The molecule has 1 atom stereocenters. The van der Waals surface area contributed by atoms with Crippen LogP contribution in [0.15, 0.2) is 24.3 Å². The van der Waals surface area contributed by atoms with E-state index in [1.165, 1.54) is 0 Å². The lowest BCUT2D eigenvalue weighted by molar-refractivity contribution is 0.410. The monoisotopic (exact) mass is 186 g/mol. The second kappa shape index (κ2) is 4.29. The maximum atomic E-state index is 10.6. The Kier molecular flexibility index (Phi) is 3.32. The van der Waals surface area contributed by atoms with Crippen molar-refractivity contribution in [2.45, 2.75) is 6.16 Å². The molecule has 1 N–H and O–H groups in total. The topological polar surface area (TPSA) is 46.5 Å². The summed E-state index contributed by atoms with van der Waals surface area (Å²) in [6.07, 6.45) is 0.189. The van der Waals surface area contributed by atoms with Gasteiger partial charge < -0.3 is 9.63 Å². The van der Waals surface area contributed by atoms with Crippen molar-refractivity contribution >= 4 is 8.03 Å². The van der Waals surface area contributed by atoms with Gasteiger partial charge in [0.25, 0.3) is 0 Å². The lowest BCUT2D eigenvalue weighted by Gasteiger charge is -2.05. The number of benzene rings is 1. The molecule has 3 nitrogen and oxygen atoms in total. The van der Waals surface area contributed by atoms with Crippen LogP contribution in [0.25, 0.3) is 0 Å². The van der Waals surface area contributed by atoms with Gasteiger partial charge in [-0.1, -0.05) is 18.2 Å². The summed E-state index contributed by atoms with van der Waals surface area (Å²) in [5.74, 6) is 0.671. The van der Waals surface area contributed by atoms with Crippen LogP contribution in [0.2, 0.25) is 0 Å². The van der Waals surface area contributed by atoms with Gasteiger partial charge in [-0.2, -0.15) is 0 Å². The number of para-hydroxylation sites is 1. The fraction of sp³-hybridized carbons (Fsp3) is 0.250. The van der Waals surface area contributed by atoms with Crippen molar-refractivity contribution in [3.63, 3.8) is 0 Å². The molecule has 0 saturated carbocycles. The SMILES string of the molecule is COc1ccccc1C[PH](=O)O. The summed E-state index contributed by atoms with van der Waals surface area (Å²) in [6.45, 7) is 0. The highest BCUT2D eigenvalue weighted by molar-refractivity contribution is 7.37. The van der Waals surface area contributed by atoms with Gasteiger partial charge in [0.1, 0.15) is 5.75 Å². The summed E-state index contributed by atoms with van der Waals surface area (Å²) < 4.78 is 15.6. The average Bonchev–Trinajstić information content (AvgIpc) is 2.04. The lowest BCUT2D eigenvalue weighted by Crippen LogP contribution is -1.88. The Hall–Kier alpha value is -0.790. The quantitative estimate of drug-likeness (QED) is 0.730. The minimum Gasteiger partial charge on any atom is -0.496 e. The average molecular weight is 186 g/mol. The molecule has 0 amide bonds. The highest BCUT2D eigenvalue weighted by Crippen LogP contribution is 2.27. The van der Waals surface area contributed by atoms with Crippen LogP contribution in [0, 0.1) is 0 Å². The van der Waals surface area contributed by atoms with Crippen LogP contribution < -0.4 is 4.74 Å². The molecule has 1 aromatic carbocycles. The smallest absolute Gasteiger partial charge is 0.193 e. The summed E-state index contributed by atoms with van der Waals surface area (Å²) >= 11 is 0. The van der Waals surface area contributed by atoms with E-state index in [0.29, 0.717) is 5.75 Å². The Labute approximate surface area is 71.9 Å². The summed E-state index contributed by atoms with van der Waals surface area (Å²) in [5, 5.41) is 0. The second-order valence-electron chi connectivity index (χ2n) is 2.38. The highest BCUT2D eigenvalue weighted by Gasteiger charge is 2.03. The predicted octanol–water partition coefficient (Wildman–Crippen LogP) is 1.66. The van der Waals surface area contributed by atoms with Gasteiger partial charge >= 0.3 is 0 Å². The van der Waals surface area contributed by atoms with E-state index in [4.69, 9.17) is 9.63 Å². The Bertz CT molecular complexity index is 285. The normalized spacial score (nSPS) is 12.5. The van der Waals surface area contributed by atoms with E-state index in [1.807, 2.05) is 12.1 Å². The van der Waals surface area contributed by atoms with E-state index in [9.17, 15) is 4.57 Å². The number of ether oxygens (including phenoxy) is 1. The van der Waals surface area contributed by atoms with Crippen LogP contribution in [0.4, 0.5) is 0 Å². The van der Waals surface area contributed by atoms with Gasteiger partial charge in [-0.3, -0.25) is 4.57 Å². The van der Waals surface area contributed by atoms with Crippen LogP contribution in [0.5, 0.6) is 5.75 Å². The van der Waals surface area contributed by atoms with Crippen molar-refractivity contribution in [1.82, 2.24) is 0 Å². The van der Waals surface area contributed by atoms with Crippen molar-refractivity contribution in [3.05, 3.63) is 29.8 Å².